The fourth-order valence-electron chi connectivity index (χ4n) is 3.82. The van der Waals surface area contributed by atoms with Crippen LogP contribution in [0.2, 0.25) is 0 Å². The number of anilines is 1. The van der Waals surface area contributed by atoms with Gasteiger partial charge in [0.05, 0.1) is 17.2 Å². The molecule has 0 aliphatic carbocycles. The molecule has 0 bridgehead atoms. The SMILES string of the molecule is O=C1c2ccc(N3CCNCC3)cc2C(=O)N1C1CCC(O)NC1O. The highest BCUT2D eigenvalue weighted by Crippen LogP contribution is 2.31. The van der Waals surface area contributed by atoms with Crippen molar-refractivity contribution in [2.24, 2.45) is 0 Å². The Balaban J connectivity index is 1.61. The van der Waals surface area contributed by atoms with Crippen LogP contribution in [0, 0.1) is 0 Å². The molecule has 1 aromatic rings. The number of carbonyl (C=O) groups is 2. The third-order valence-electron chi connectivity index (χ3n) is 5.18. The van der Waals surface area contributed by atoms with Crippen LogP contribution in [0.3, 0.4) is 0 Å². The molecule has 3 aliphatic rings. The molecule has 0 aromatic heterocycles. The van der Waals surface area contributed by atoms with Gasteiger partial charge in [-0.15, -0.1) is 0 Å². The summed E-state index contributed by atoms with van der Waals surface area (Å²) < 4.78 is 0. The molecule has 4 rings (SSSR count). The van der Waals surface area contributed by atoms with Gasteiger partial charge in [0.2, 0.25) is 0 Å². The second-order valence-corrected chi connectivity index (χ2v) is 6.72. The molecule has 4 N–H and O–H groups in total. The standard InChI is InChI=1S/C17H22N4O4/c22-14-4-3-13(15(23)19-14)21-16(24)11-2-1-10(9-12(11)17(21)25)20-7-5-18-6-8-20/h1-2,9,13-15,18-19,22-23H,3-8H2. The van der Waals surface area contributed by atoms with E-state index >= 15 is 0 Å². The molecule has 1 aromatic carbocycles. The van der Waals surface area contributed by atoms with Gasteiger partial charge in [0, 0.05) is 31.9 Å². The number of benzene rings is 1. The monoisotopic (exact) mass is 346 g/mol. The first-order chi connectivity index (χ1) is 12.1. The van der Waals surface area contributed by atoms with Crippen LogP contribution < -0.4 is 15.5 Å². The van der Waals surface area contributed by atoms with E-state index in [-0.39, 0.29) is 11.8 Å². The van der Waals surface area contributed by atoms with Gasteiger partial charge in [-0.1, -0.05) is 0 Å². The van der Waals surface area contributed by atoms with E-state index in [1.165, 1.54) is 0 Å². The third-order valence-corrected chi connectivity index (χ3v) is 5.18. The molecule has 0 spiro atoms. The molecular weight excluding hydrogens is 324 g/mol. The van der Waals surface area contributed by atoms with Crippen LogP contribution in [-0.2, 0) is 0 Å². The number of carbonyl (C=O) groups excluding carboxylic acids is 2. The Kier molecular flexibility index (Phi) is 4.20. The van der Waals surface area contributed by atoms with Crippen LogP contribution in [0.5, 0.6) is 0 Å². The van der Waals surface area contributed by atoms with Crippen molar-refractivity contribution in [2.45, 2.75) is 31.3 Å². The highest BCUT2D eigenvalue weighted by molar-refractivity contribution is 6.22. The van der Waals surface area contributed by atoms with Crippen molar-refractivity contribution in [1.82, 2.24) is 15.5 Å². The molecule has 25 heavy (non-hydrogen) atoms. The molecule has 3 atom stereocenters. The zero-order chi connectivity index (χ0) is 17.6. The predicted molar refractivity (Wildman–Crippen MR) is 90.2 cm³/mol. The minimum atomic E-state index is -1.13. The molecule has 3 aliphatic heterocycles. The van der Waals surface area contributed by atoms with E-state index in [0.29, 0.717) is 24.0 Å². The van der Waals surface area contributed by atoms with Crippen LogP contribution in [0.25, 0.3) is 0 Å². The summed E-state index contributed by atoms with van der Waals surface area (Å²) in [5.41, 5.74) is 1.70. The number of fused-ring (bicyclic) bond motifs is 1. The number of rotatable bonds is 2. The highest BCUT2D eigenvalue weighted by Gasteiger charge is 2.44. The fourth-order valence-corrected chi connectivity index (χ4v) is 3.82. The van der Waals surface area contributed by atoms with E-state index < -0.39 is 18.5 Å². The maximum atomic E-state index is 12.8. The first-order valence-electron chi connectivity index (χ1n) is 8.66. The van der Waals surface area contributed by atoms with Gasteiger partial charge in [-0.05, 0) is 31.0 Å². The molecule has 8 nitrogen and oxygen atoms in total. The van der Waals surface area contributed by atoms with E-state index in [1.54, 1.807) is 12.1 Å². The minimum absolute atomic E-state index is 0.367. The molecule has 2 fully saturated rings. The second-order valence-electron chi connectivity index (χ2n) is 6.72. The number of aliphatic hydroxyl groups is 2. The summed E-state index contributed by atoms with van der Waals surface area (Å²) in [5.74, 6) is -0.756. The van der Waals surface area contributed by atoms with Gasteiger partial charge in [0.1, 0.15) is 12.5 Å². The zero-order valence-corrected chi connectivity index (χ0v) is 13.8. The number of aliphatic hydroxyl groups excluding tert-OH is 2. The quantitative estimate of drug-likeness (QED) is 0.513. The Morgan fingerprint density at radius 3 is 2.44 bits per heavy atom. The van der Waals surface area contributed by atoms with Crippen LogP contribution in [0.4, 0.5) is 5.69 Å². The highest BCUT2D eigenvalue weighted by atomic mass is 16.3. The van der Waals surface area contributed by atoms with Crippen molar-refractivity contribution in [3.63, 3.8) is 0 Å². The average molecular weight is 346 g/mol. The normalized spacial score (nSPS) is 29.9. The smallest absolute Gasteiger partial charge is 0.262 e. The predicted octanol–water partition coefficient (Wildman–Crippen LogP) is -0.919. The summed E-state index contributed by atoms with van der Waals surface area (Å²) in [4.78, 5) is 28.9. The van der Waals surface area contributed by atoms with E-state index in [4.69, 9.17) is 0 Å². The molecule has 0 saturated carbocycles. The third kappa shape index (κ3) is 2.81. The Morgan fingerprint density at radius 1 is 1.00 bits per heavy atom. The lowest BCUT2D eigenvalue weighted by Crippen LogP contribution is -2.58. The molecular formula is C17H22N4O4. The Hall–Kier alpha value is -2.00. The minimum Gasteiger partial charge on any atom is -0.379 e. The average Bonchev–Trinajstić information content (AvgIpc) is 2.87. The van der Waals surface area contributed by atoms with Gasteiger partial charge in [0.15, 0.2) is 0 Å². The lowest BCUT2D eigenvalue weighted by molar-refractivity contribution is -0.0413. The number of amides is 2. The van der Waals surface area contributed by atoms with Gasteiger partial charge in [0.25, 0.3) is 11.8 Å². The fraction of sp³-hybridized carbons (Fsp3) is 0.529. The number of nitrogens with one attached hydrogen (secondary N) is 2. The van der Waals surface area contributed by atoms with Crippen LogP contribution in [0.1, 0.15) is 33.6 Å². The summed E-state index contributed by atoms with van der Waals surface area (Å²) in [5, 5.41) is 25.6. The van der Waals surface area contributed by atoms with Crippen molar-refractivity contribution in [3.8, 4) is 0 Å². The van der Waals surface area contributed by atoms with Gasteiger partial charge in [-0.3, -0.25) is 19.8 Å². The van der Waals surface area contributed by atoms with Crippen molar-refractivity contribution in [1.29, 1.82) is 0 Å². The Labute approximate surface area is 145 Å². The zero-order valence-electron chi connectivity index (χ0n) is 13.8. The first kappa shape index (κ1) is 16.5. The summed E-state index contributed by atoms with van der Waals surface area (Å²) >= 11 is 0. The molecule has 134 valence electrons. The van der Waals surface area contributed by atoms with Gasteiger partial charge in [-0.25, -0.2) is 0 Å². The first-order valence-corrected chi connectivity index (χ1v) is 8.66. The van der Waals surface area contributed by atoms with E-state index in [9.17, 15) is 19.8 Å². The number of hydrogen-bond donors (Lipinski definition) is 4. The van der Waals surface area contributed by atoms with Crippen LogP contribution in [0.15, 0.2) is 18.2 Å². The van der Waals surface area contributed by atoms with Crippen molar-refractivity contribution < 1.29 is 19.8 Å². The van der Waals surface area contributed by atoms with E-state index in [2.05, 4.69) is 15.5 Å². The molecule has 3 unspecified atom stereocenters. The molecule has 2 amide bonds. The largest absolute Gasteiger partial charge is 0.379 e. The maximum absolute atomic E-state index is 12.8. The maximum Gasteiger partial charge on any atom is 0.262 e. The molecule has 8 heteroatoms. The Bertz CT molecular complexity index is 704. The van der Waals surface area contributed by atoms with Crippen molar-refractivity contribution in [2.75, 3.05) is 31.1 Å². The van der Waals surface area contributed by atoms with Gasteiger partial charge >= 0.3 is 0 Å². The number of imide groups is 1. The lowest BCUT2D eigenvalue weighted by atomic mass is 10.0. The lowest BCUT2D eigenvalue weighted by Gasteiger charge is -2.36. The number of piperazine rings is 1. The number of hydrogen-bond acceptors (Lipinski definition) is 7. The molecule has 0 radical (unpaired) electrons. The summed E-state index contributed by atoms with van der Waals surface area (Å²) in [6.45, 7) is 3.48. The van der Waals surface area contributed by atoms with Gasteiger partial charge < -0.3 is 20.4 Å². The topological polar surface area (TPSA) is 105 Å². The van der Waals surface area contributed by atoms with E-state index in [1.807, 2.05) is 6.07 Å². The summed E-state index contributed by atoms with van der Waals surface area (Å²) in [7, 11) is 0. The van der Waals surface area contributed by atoms with Crippen LogP contribution >= 0.6 is 0 Å². The van der Waals surface area contributed by atoms with E-state index in [0.717, 1.165) is 36.8 Å². The molecule has 2 saturated heterocycles. The molecule has 3 heterocycles. The summed E-state index contributed by atoms with van der Waals surface area (Å²) in [6.07, 6.45) is -1.20. The summed E-state index contributed by atoms with van der Waals surface area (Å²) in [6, 6.07) is 4.68. The second kappa shape index (κ2) is 6.38. The van der Waals surface area contributed by atoms with Crippen LogP contribution in [-0.4, -0.2) is 71.6 Å². The number of piperidine rings is 1. The Morgan fingerprint density at radius 2 is 1.72 bits per heavy atom. The van der Waals surface area contributed by atoms with Crippen molar-refractivity contribution >= 4 is 17.5 Å². The number of nitrogens with zero attached hydrogens (tertiary/aromatic N) is 2. The van der Waals surface area contributed by atoms with Crippen molar-refractivity contribution in [3.05, 3.63) is 29.3 Å². The van der Waals surface area contributed by atoms with Gasteiger partial charge in [-0.2, -0.15) is 0 Å².